The quantitative estimate of drug-likeness (QED) is 0.0136. The van der Waals surface area contributed by atoms with Gasteiger partial charge >= 0.3 is 5.84 Å². The first kappa shape index (κ1) is 87.2. The first-order chi connectivity index (χ1) is 58.2. The molecule has 24 nitrogen and oxygen atoms in total. The number of benzene rings is 8. The van der Waals surface area contributed by atoms with Gasteiger partial charge in [-0.25, -0.2) is 41.1 Å². The molecule has 0 aliphatic heterocycles. The van der Waals surface area contributed by atoms with Gasteiger partial charge in [-0.15, -0.1) is 0 Å². The lowest BCUT2D eigenvalue weighted by molar-refractivity contribution is -0.0938. The van der Waals surface area contributed by atoms with Crippen molar-refractivity contribution < 1.29 is 23.4 Å². The Morgan fingerprint density at radius 1 is 0.375 bits per heavy atom. The van der Waals surface area contributed by atoms with E-state index >= 15 is 0 Å². The van der Waals surface area contributed by atoms with Crippen molar-refractivity contribution in [1.29, 1.82) is 0 Å². The lowest BCUT2D eigenvalue weighted by atomic mass is 10.1. The van der Waals surface area contributed by atoms with E-state index in [0.717, 1.165) is 33.9 Å². The number of fused-ring (bicyclic) bond motifs is 4. The average Bonchev–Trinajstić information content (AvgIpc) is 1.63. The molecule has 0 unspecified atom stereocenters. The molecule has 0 aliphatic carbocycles. The zero-order valence-electron chi connectivity index (χ0n) is 63.5. The molecule has 0 amide bonds. The number of hydrogen-bond acceptors (Lipinski definition) is 16. The Bertz CT molecular complexity index is 6390. The molecule has 16 rings (SSSR count). The van der Waals surface area contributed by atoms with Crippen molar-refractivity contribution in [2.45, 2.75) is 12.6 Å². The molecule has 610 valence electrons. The fourth-order valence-electron chi connectivity index (χ4n) is 12.1. The topological polar surface area (TPSA) is 282 Å². The third-order valence-corrected chi connectivity index (χ3v) is 20.8. The highest BCUT2D eigenvalue weighted by molar-refractivity contribution is 6.38. The lowest BCUT2D eigenvalue weighted by Gasteiger charge is -2.15. The van der Waals surface area contributed by atoms with E-state index in [1.54, 1.807) is 165 Å². The number of ether oxygens (including phenoxy) is 4. The number of nitrogens with two attached hydrogens (primary N) is 2. The van der Waals surface area contributed by atoms with Crippen molar-refractivity contribution in [3.8, 4) is 45.0 Å². The summed E-state index contributed by atoms with van der Waals surface area (Å²) in [6.07, 6.45) is 7.72. The second-order valence-electron chi connectivity index (χ2n) is 25.4. The molecule has 8 N–H and O–H groups in total. The number of anilines is 2. The molecule has 16 aromatic rings. The summed E-state index contributed by atoms with van der Waals surface area (Å²) in [6.45, 7) is 0.511. The Morgan fingerprint density at radius 2 is 0.742 bits per heavy atom. The maximum atomic E-state index is 6.55. The van der Waals surface area contributed by atoms with Gasteiger partial charge in [-0.1, -0.05) is 158 Å². The molecule has 0 fully saturated rings. The Balaban J connectivity index is 0.000000139. The number of aliphatic imine (C=N–C) groups is 4. The number of hydrazine groups is 2. The molecule has 120 heavy (non-hydrogen) atoms. The van der Waals surface area contributed by atoms with Gasteiger partial charge in [0.2, 0.25) is 0 Å². The number of rotatable bonds is 20. The van der Waals surface area contributed by atoms with Crippen molar-refractivity contribution in [2.24, 2.45) is 31.7 Å². The molecule has 0 atom stereocenters. The van der Waals surface area contributed by atoms with Crippen molar-refractivity contribution in [3.05, 3.63) is 334 Å². The Hall–Kier alpha value is -10.7. The number of methoxy groups -OCH3 is 4. The fraction of sp³-hybridized carbons (Fsp3) is 0.0941. The minimum absolute atomic E-state index is 0.228. The first-order valence-electron chi connectivity index (χ1n) is 36.0. The number of nitrogens with one attached hydrogen (secondary N) is 4. The Labute approximate surface area is 742 Å². The van der Waals surface area contributed by atoms with Crippen LogP contribution in [0.1, 0.15) is 22.8 Å². The van der Waals surface area contributed by atoms with E-state index in [-0.39, 0.29) is 13.1 Å². The maximum absolute atomic E-state index is 6.55. The predicted octanol–water partition coefficient (Wildman–Crippen LogP) is 22.2. The number of halogens is 11. The van der Waals surface area contributed by atoms with Crippen LogP contribution in [0.4, 0.5) is 22.7 Å². The molecule has 35 heteroatoms. The number of hydrogen-bond donors (Lipinski definition) is 6. The average molecular weight is 1830 g/mol. The molecular weight excluding hydrogens is 1760 g/mol. The Kier molecular flexibility index (Phi) is 29.8. The molecule has 0 saturated heterocycles. The van der Waals surface area contributed by atoms with Gasteiger partial charge in [-0.3, -0.25) is 23.2 Å². The van der Waals surface area contributed by atoms with Crippen molar-refractivity contribution in [3.63, 3.8) is 0 Å². The second kappa shape index (κ2) is 41.1. The van der Waals surface area contributed by atoms with E-state index in [1.807, 2.05) is 130 Å². The van der Waals surface area contributed by atoms with Crippen LogP contribution in [0.3, 0.4) is 0 Å². The van der Waals surface area contributed by atoms with Crippen molar-refractivity contribution in [1.82, 2.24) is 53.6 Å². The summed E-state index contributed by atoms with van der Waals surface area (Å²) in [5, 5.41) is 17.5. The first-order valence-corrected chi connectivity index (χ1v) is 40.1. The molecule has 8 aromatic heterocycles. The molecule has 0 saturated carbocycles. The highest BCUT2D eigenvalue weighted by atomic mass is 35.5. The third-order valence-electron chi connectivity index (χ3n) is 17.8. The van der Waals surface area contributed by atoms with Gasteiger partial charge in [0.05, 0.1) is 44.6 Å². The van der Waals surface area contributed by atoms with Crippen LogP contribution >= 0.6 is 128 Å². The van der Waals surface area contributed by atoms with Gasteiger partial charge in [-0.2, -0.15) is 10.1 Å². The number of amidine groups is 4. The maximum Gasteiger partial charge on any atom is 0.306 e. The summed E-state index contributed by atoms with van der Waals surface area (Å²) in [6, 6.07) is 67.3. The molecule has 0 spiro atoms. The molecule has 8 heterocycles. The van der Waals surface area contributed by atoms with E-state index in [1.165, 1.54) is 6.26 Å². The van der Waals surface area contributed by atoms with E-state index in [2.05, 4.69) is 41.6 Å². The van der Waals surface area contributed by atoms with Crippen LogP contribution in [0, 0.1) is 0 Å². The van der Waals surface area contributed by atoms with E-state index in [4.69, 9.17) is 188 Å². The zero-order chi connectivity index (χ0) is 84.5. The summed E-state index contributed by atoms with van der Waals surface area (Å²) in [5.74, 6) is 13.9. The number of imidazole rings is 4. The fourth-order valence-corrected chi connectivity index (χ4v) is 14.0. The number of pyridine rings is 2. The van der Waals surface area contributed by atoms with Gasteiger partial charge in [0.15, 0.2) is 41.6 Å². The van der Waals surface area contributed by atoms with Crippen LogP contribution in [-0.2, 0) is 18.9 Å². The highest BCUT2D eigenvalue weighted by Gasteiger charge is 2.28. The second-order valence-corrected chi connectivity index (χ2v) is 30.1. The van der Waals surface area contributed by atoms with E-state index < -0.39 is 12.6 Å². The van der Waals surface area contributed by atoms with Gasteiger partial charge in [-0.05, 0) is 194 Å². The van der Waals surface area contributed by atoms with E-state index in [9.17, 15) is 0 Å². The summed E-state index contributed by atoms with van der Waals surface area (Å²) in [4.78, 5) is 37.7. The van der Waals surface area contributed by atoms with Crippen molar-refractivity contribution in [2.75, 3.05) is 52.2 Å². The van der Waals surface area contributed by atoms with Crippen LogP contribution < -0.4 is 33.2 Å². The monoisotopic (exact) mass is 1820 g/mol. The van der Waals surface area contributed by atoms with Gasteiger partial charge in [0.25, 0.3) is 0 Å². The van der Waals surface area contributed by atoms with E-state index in [0.29, 0.717) is 158 Å². The molecule has 0 bridgehead atoms. The van der Waals surface area contributed by atoms with Crippen LogP contribution in [-0.4, -0.2) is 120 Å². The largest absolute Gasteiger partial charge is 0.432 e. The third kappa shape index (κ3) is 21.0. The predicted molar refractivity (Wildman–Crippen MR) is 486 cm³/mol. The molecule has 0 radical (unpaired) electrons. The number of oxazole rings is 1. The minimum Gasteiger partial charge on any atom is -0.432 e. The summed E-state index contributed by atoms with van der Waals surface area (Å²) < 4.78 is 34.0. The summed E-state index contributed by atoms with van der Waals surface area (Å²) in [7, 11) is 6.28. The SMILES string of the molecule is COC(CN=C(Nc1ccc(Cl)cc1)c1c(-c2cc(Cl)ccc2Cl)nc2cccnn12)OC.COC(CN=C(Nc1ccc(Cl)cc1)c1c(-c2ccccc2Cl)nc2ccccn12)OC.NNC(=Nc1ccc(Cl)cc1)c1c(-c2cc(Cl)ccc2Cl)nc2ccccn12.NNC(=Nc1ccc(Cl)cc1)c1c(-c2cc(Cl)ccc2Cl)nc2occn12. The molecular formula is C85H68Cl11N19O5. The summed E-state index contributed by atoms with van der Waals surface area (Å²) >= 11 is 68.6. The van der Waals surface area contributed by atoms with Crippen LogP contribution in [0.2, 0.25) is 55.2 Å². The standard InChI is InChI=1S/C24H22Cl2N4O2.C23H20Cl3N5O2.C20H14Cl3N5.C18H12Cl3N5O/c1-31-21(32-2)15-27-24(28-17-12-10-16(25)11-13-17)23-22(18-7-3-4-8-19(18)26)29-20-9-5-6-14-30(20)23;1-32-20(33-2)13-27-23(29-16-8-5-14(24)6-9-16)22-21(17-12-15(25)7-10-18(17)26)30-19-4-3-11-28-31(19)22;21-12-4-7-14(8-5-12)25-20(27-24)19-18(15-11-13(22)6-9-16(15)23)26-17-3-1-2-10-28(17)19;19-10-1-4-12(5-2-10)23-17(25-22)16-15(24-18-26(16)7-8-27-18)13-9-11(20)3-6-14(13)21/h3-14,21H,15H2,1-2H3,(H,27,28);3-12,20H,13H2,1-2H3,(H,27,29);1-11H,24H2,(H,25,27);1-9H,22H2,(H,23,25). The normalized spacial score (nSPS) is 11.9. The van der Waals surface area contributed by atoms with Crippen LogP contribution in [0.25, 0.3) is 67.8 Å². The highest BCUT2D eigenvalue weighted by Crippen LogP contribution is 2.39. The minimum atomic E-state index is -0.530. The van der Waals surface area contributed by atoms with Crippen LogP contribution in [0.15, 0.2) is 280 Å². The number of nitrogens with zero attached hydrogens (tertiary/aromatic N) is 13. The summed E-state index contributed by atoms with van der Waals surface area (Å²) in [5.41, 5.74) is 18.3. The van der Waals surface area contributed by atoms with Gasteiger partial charge in [0.1, 0.15) is 63.1 Å². The smallest absolute Gasteiger partial charge is 0.306 e. The Morgan fingerprint density at radius 3 is 1.19 bits per heavy atom. The van der Waals surface area contributed by atoms with Crippen molar-refractivity contribution >= 4 is 196 Å². The number of aromatic nitrogens is 9. The molecule has 0 aliphatic rings. The lowest BCUT2D eigenvalue weighted by Crippen LogP contribution is -2.32. The van der Waals surface area contributed by atoms with Crippen LogP contribution in [0.5, 0.6) is 0 Å². The van der Waals surface area contributed by atoms with Gasteiger partial charge in [0, 0.05) is 122 Å². The van der Waals surface area contributed by atoms with Gasteiger partial charge < -0.3 is 44.8 Å². The molecule has 8 aromatic carbocycles. The zero-order valence-corrected chi connectivity index (χ0v) is 71.8.